The van der Waals surface area contributed by atoms with E-state index in [-0.39, 0.29) is 0 Å². The van der Waals surface area contributed by atoms with Crippen molar-refractivity contribution in [3.05, 3.63) is 0 Å². The van der Waals surface area contributed by atoms with Gasteiger partial charge < -0.3 is 0 Å². The van der Waals surface area contributed by atoms with Crippen LogP contribution in [0.2, 0.25) is 0 Å². The molecule has 7 heteroatoms. The van der Waals surface area contributed by atoms with E-state index >= 15 is 0 Å². The van der Waals surface area contributed by atoms with Crippen LogP contribution in [0.25, 0.3) is 0 Å². The van der Waals surface area contributed by atoms with Crippen LogP contribution < -0.4 is 0 Å². The van der Waals surface area contributed by atoms with Gasteiger partial charge in [0.1, 0.15) is 9.67 Å². The predicted molar refractivity (Wildman–Crippen MR) is 59.9 cm³/mol. The Hall–Kier alpha value is 2.03. The fraction of sp³-hybridized carbons (Fsp3) is 1.00. The van der Waals surface area contributed by atoms with Crippen molar-refractivity contribution < 1.29 is 0 Å². The number of rotatable bonds is 4. The maximum absolute atomic E-state index is 5.77. The quantitative estimate of drug-likeness (QED) is 0.674. The second-order valence-corrected chi connectivity index (χ2v) is 5.84. The molecule has 0 bridgehead atoms. The molecular weight excluding hydrogens is 308 g/mol. The SMILES string of the molecule is ClC(Cl)C(Cl)C(Cl)C(Cl)C(Cl)Cl. The van der Waals surface area contributed by atoms with Gasteiger partial charge in [0.25, 0.3) is 0 Å². The lowest BCUT2D eigenvalue weighted by molar-refractivity contribution is 0.768. The monoisotopic (exact) mass is 310 g/mol. The lowest BCUT2D eigenvalue weighted by atomic mass is 10.2. The summed E-state index contributed by atoms with van der Waals surface area (Å²) < 4.78 is 0. The number of alkyl halides is 7. The Kier molecular flexibility index (Phi) is 7.60. The molecular formula is C5H5Cl7. The summed E-state index contributed by atoms with van der Waals surface area (Å²) >= 11 is 39.1. The van der Waals surface area contributed by atoms with Gasteiger partial charge in [-0.2, -0.15) is 0 Å². The van der Waals surface area contributed by atoms with Crippen molar-refractivity contribution in [3.63, 3.8) is 0 Å². The van der Waals surface area contributed by atoms with Crippen molar-refractivity contribution in [1.29, 1.82) is 0 Å². The molecule has 0 spiro atoms. The van der Waals surface area contributed by atoms with E-state index in [0.29, 0.717) is 0 Å². The van der Waals surface area contributed by atoms with E-state index in [9.17, 15) is 0 Å². The minimum Gasteiger partial charge on any atom is -0.120 e. The van der Waals surface area contributed by atoms with Gasteiger partial charge in [0, 0.05) is 0 Å². The van der Waals surface area contributed by atoms with E-state index in [2.05, 4.69) is 0 Å². The summed E-state index contributed by atoms with van der Waals surface area (Å²) in [6, 6.07) is 0. The van der Waals surface area contributed by atoms with Crippen LogP contribution in [0.1, 0.15) is 0 Å². The van der Waals surface area contributed by atoms with Gasteiger partial charge in [-0.05, 0) is 0 Å². The fourth-order valence-corrected chi connectivity index (χ4v) is 2.06. The molecule has 0 rings (SSSR count). The van der Waals surface area contributed by atoms with E-state index in [0.717, 1.165) is 0 Å². The molecule has 12 heavy (non-hydrogen) atoms. The van der Waals surface area contributed by atoms with Crippen LogP contribution in [0, 0.1) is 0 Å². The zero-order valence-corrected chi connectivity index (χ0v) is 10.8. The highest BCUT2D eigenvalue weighted by atomic mass is 35.5. The first-order valence-electron chi connectivity index (χ1n) is 2.86. The molecule has 0 aromatic heterocycles. The van der Waals surface area contributed by atoms with Gasteiger partial charge in [-0.25, -0.2) is 0 Å². The summed E-state index contributed by atoms with van der Waals surface area (Å²) in [6.45, 7) is 0. The molecule has 0 aliphatic heterocycles. The van der Waals surface area contributed by atoms with Crippen molar-refractivity contribution in [2.75, 3.05) is 0 Å². The minimum absolute atomic E-state index is 0.673. The Morgan fingerprint density at radius 1 is 0.417 bits per heavy atom. The predicted octanol–water partition coefficient (Wildman–Crippen LogP) is 4.42. The highest BCUT2D eigenvalue weighted by Crippen LogP contribution is 2.30. The van der Waals surface area contributed by atoms with Crippen molar-refractivity contribution >= 4 is 81.2 Å². The third kappa shape index (κ3) is 4.50. The van der Waals surface area contributed by atoms with Gasteiger partial charge in [0.05, 0.1) is 16.1 Å². The van der Waals surface area contributed by atoms with Crippen molar-refractivity contribution in [3.8, 4) is 0 Å². The zero-order valence-electron chi connectivity index (χ0n) is 5.53. The van der Waals surface area contributed by atoms with Crippen LogP contribution in [-0.4, -0.2) is 25.8 Å². The Bertz CT molecular complexity index is 111. The normalized spacial score (nSPS) is 19.8. The standard InChI is InChI=1S/C5H5Cl7/c6-1(2(7)4(9)10)3(8)5(11)12/h1-5H. The second kappa shape index (κ2) is 6.50. The van der Waals surface area contributed by atoms with Gasteiger partial charge in [0.15, 0.2) is 0 Å². The molecule has 0 aromatic carbocycles. The van der Waals surface area contributed by atoms with Crippen LogP contribution in [0.4, 0.5) is 0 Å². The largest absolute Gasteiger partial charge is 0.125 e. The Balaban J connectivity index is 4.08. The van der Waals surface area contributed by atoms with E-state index in [4.69, 9.17) is 81.2 Å². The molecule has 0 N–H and O–H groups in total. The van der Waals surface area contributed by atoms with Gasteiger partial charge >= 0.3 is 0 Å². The molecule has 0 aromatic rings. The average molecular weight is 313 g/mol. The van der Waals surface area contributed by atoms with Crippen molar-refractivity contribution in [1.82, 2.24) is 0 Å². The lowest BCUT2D eigenvalue weighted by Gasteiger charge is -2.22. The highest BCUT2D eigenvalue weighted by Gasteiger charge is 2.32. The first kappa shape index (κ1) is 14.0. The van der Waals surface area contributed by atoms with E-state index in [1.165, 1.54) is 0 Å². The van der Waals surface area contributed by atoms with Crippen LogP contribution in [0.5, 0.6) is 0 Å². The third-order valence-electron chi connectivity index (χ3n) is 1.09. The van der Waals surface area contributed by atoms with E-state index in [1.807, 2.05) is 0 Å². The van der Waals surface area contributed by atoms with Gasteiger partial charge in [-0.1, -0.05) is 0 Å². The topological polar surface area (TPSA) is 0 Å². The Morgan fingerprint density at radius 2 is 0.667 bits per heavy atom. The van der Waals surface area contributed by atoms with Crippen LogP contribution in [-0.2, 0) is 0 Å². The summed E-state index contributed by atoms with van der Waals surface area (Å²) in [5.41, 5.74) is 0. The van der Waals surface area contributed by atoms with Gasteiger partial charge in [0.2, 0.25) is 0 Å². The zero-order chi connectivity index (χ0) is 9.89. The molecule has 0 radical (unpaired) electrons. The molecule has 2 unspecified atom stereocenters. The first-order chi connectivity index (χ1) is 5.37. The summed E-state index contributed by atoms with van der Waals surface area (Å²) in [5, 5.41) is -2.04. The maximum atomic E-state index is 5.77. The van der Waals surface area contributed by atoms with Gasteiger partial charge in [-0.15, -0.1) is 81.2 Å². The van der Waals surface area contributed by atoms with Crippen molar-refractivity contribution in [2.24, 2.45) is 0 Å². The summed E-state index contributed by atoms with van der Waals surface area (Å²) in [4.78, 5) is -1.61. The molecule has 0 saturated carbocycles. The molecule has 0 heterocycles. The maximum Gasteiger partial charge on any atom is 0.125 e. The van der Waals surface area contributed by atoms with Crippen molar-refractivity contribution in [2.45, 2.75) is 25.8 Å². The van der Waals surface area contributed by atoms with E-state index in [1.54, 1.807) is 0 Å². The molecule has 0 nitrogen and oxygen atoms in total. The number of hydrogen-bond donors (Lipinski definition) is 0. The number of halogens is 7. The molecule has 0 fully saturated rings. The van der Waals surface area contributed by atoms with Crippen LogP contribution in [0.3, 0.4) is 0 Å². The molecule has 0 saturated heterocycles. The molecule has 0 amide bonds. The summed E-state index contributed by atoms with van der Waals surface area (Å²) in [7, 11) is 0. The Labute approximate surface area is 106 Å². The fourth-order valence-electron chi connectivity index (χ4n) is 0.454. The lowest BCUT2D eigenvalue weighted by Crippen LogP contribution is -2.33. The molecule has 74 valence electrons. The summed E-state index contributed by atoms with van der Waals surface area (Å²) in [6.07, 6.45) is 0. The second-order valence-electron chi connectivity index (χ2n) is 2.00. The molecule has 0 aliphatic carbocycles. The molecule has 0 aliphatic rings. The first-order valence-corrected chi connectivity index (χ1v) is 5.92. The Morgan fingerprint density at radius 3 is 0.833 bits per heavy atom. The highest BCUT2D eigenvalue weighted by molar-refractivity contribution is 6.52. The third-order valence-corrected chi connectivity index (χ3v) is 4.54. The van der Waals surface area contributed by atoms with Crippen LogP contribution in [0.15, 0.2) is 0 Å². The summed E-state index contributed by atoms with van der Waals surface area (Å²) in [5.74, 6) is 0. The van der Waals surface area contributed by atoms with Crippen LogP contribution >= 0.6 is 81.2 Å². The average Bonchev–Trinajstić information content (AvgIpc) is 2.00. The number of hydrogen-bond acceptors (Lipinski definition) is 0. The van der Waals surface area contributed by atoms with Gasteiger partial charge in [-0.3, -0.25) is 0 Å². The smallest absolute Gasteiger partial charge is 0.120 e. The van der Waals surface area contributed by atoms with E-state index < -0.39 is 25.8 Å². The molecule has 2 atom stereocenters. The minimum atomic E-state index is -0.803.